The number of carboxylic acids is 2. The second-order valence-corrected chi connectivity index (χ2v) is 7.65. The monoisotopic (exact) mass is 472 g/mol. The lowest BCUT2D eigenvalue weighted by Gasteiger charge is -2.17. The molecule has 6 N–H and O–H groups in total. The molecule has 12 heteroatoms. The third kappa shape index (κ3) is 13.9. The molecular formula is C21H36N4O8. The Balaban J connectivity index is 4.36. The van der Waals surface area contributed by atoms with Gasteiger partial charge in [-0.3, -0.25) is 19.2 Å². The lowest BCUT2D eigenvalue weighted by molar-refractivity contribution is -0.143. The molecule has 0 aliphatic heterocycles. The number of unbranched alkanes of at least 4 members (excludes halogenated alkanes) is 1. The normalized spacial score (nSPS) is 13.3. The molecule has 0 unspecified atom stereocenters. The van der Waals surface area contributed by atoms with Crippen molar-refractivity contribution in [2.45, 2.75) is 83.3 Å². The van der Waals surface area contributed by atoms with Crippen molar-refractivity contribution >= 4 is 35.4 Å². The Morgan fingerprint density at radius 3 is 1.70 bits per heavy atom. The number of ketones is 1. The van der Waals surface area contributed by atoms with E-state index in [1.54, 1.807) is 14.0 Å². The van der Waals surface area contributed by atoms with Crippen LogP contribution < -0.4 is 21.3 Å². The van der Waals surface area contributed by atoms with E-state index in [2.05, 4.69) is 21.3 Å². The van der Waals surface area contributed by atoms with Gasteiger partial charge >= 0.3 is 11.9 Å². The van der Waals surface area contributed by atoms with Gasteiger partial charge in [0.15, 0.2) is 0 Å². The molecule has 0 aromatic rings. The van der Waals surface area contributed by atoms with Crippen LogP contribution in [0.1, 0.15) is 65.2 Å². The van der Waals surface area contributed by atoms with E-state index in [1.807, 2.05) is 0 Å². The van der Waals surface area contributed by atoms with Crippen molar-refractivity contribution < 1.29 is 39.0 Å². The van der Waals surface area contributed by atoms with Crippen LogP contribution in [0.4, 0.5) is 0 Å². The minimum absolute atomic E-state index is 0.0486. The molecule has 33 heavy (non-hydrogen) atoms. The molecule has 0 rings (SSSR count). The highest BCUT2D eigenvalue weighted by atomic mass is 16.4. The molecule has 0 bridgehead atoms. The Bertz CT molecular complexity index is 698. The van der Waals surface area contributed by atoms with E-state index in [-0.39, 0.29) is 49.8 Å². The highest BCUT2D eigenvalue weighted by molar-refractivity contribution is 5.86. The lowest BCUT2D eigenvalue weighted by Crippen LogP contribution is -2.44. The molecular weight excluding hydrogens is 436 g/mol. The number of carboxylic acid groups (broad SMARTS) is 2. The number of carbonyl (C=O) groups is 6. The number of nitrogens with one attached hydrogen (secondary N) is 4. The Hall–Kier alpha value is -3.02. The lowest BCUT2D eigenvalue weighted by atomic mass is 10.1. The second kappa shape index (κ2) is 16.6. The van der Waals surface area contributed by atoms with Gasteiger partial charge in [0, 0.05) is 25.8 Å². The Morgan fingerprint density at radius 2 is 1.24 bits per heavy atom. The van der Waals surface area contributed by atoms with Crippen molar-refractivity contribution in [2.24, 2.45) is 0 Å². The Morgan fingerprint density at radius 1 is 0.727 bits per heavy atom. The maximum atomic E-state index is 12.0. The van der Waals surface area contributed by atoms with Crippen LogP contribution in [0.2, 0.25) is 0 Å². The fraction of sp³-hybridized carbons (Fsp3) is 0.714. The highest BCUT2D eigenvalue weighted by Crippen LogP contribution is 2.04. The van der Waals surface area contributed by atoms with E-state index in [0.29, 0.717) is 19.4 Å². The first-order chi connectivity index (χ1) is 15.5. The number of hydrogen-bond donors (Lipinski definition) is 6. The molecule has 0 aliphatic carbocycles. The van der Waals surface area contributed by atoms with Crippen molar-refractivity contribution in [1.82, 2.24) is 21.3 Å². The van der Waals surface area contributed by atoms with Crippen LogP contribution in [0, 0.1) is 0 Å². The predicted octanol–water partition coefficient (Wildman–Crippen LogP) is -0.441. The predicted molar refractivity (Wildman–Crippen MR) is 118 cm³/mol. The van der Waals surface area contributed by atoms with Crippen LogP contribution in [0.5, 0.6) is 0 Å². The van der Waals surface area contributed by atoms with Gasteiger partial charge in [0.1, 0.15) is 17.9 Å². The van der Waals surface area contributed by atoms with Crippen molar-refractivity contribution in [2.75, 3.05) is 13.6 Å². The van der Waals surface area contributed by atoms with Crippen LogP contribution in [-0.2, 0) is 28.8 Å². The summed E-state index contributed by atoms with van der Waals surface area (Å²) < 4.78 is 0. The first-order valence-corrected chi connectivity index (χ1v) is 11.0. The first-order valence-electron chi connectivity index (χ1n) is 11.0. The summed E-state index contributed by atoms with van der Waals surface area (Å²) in [6.07, 6.45) is 1.39. The average Bonchev–Trinajstić information content (AvgIpc) is 2.75. The molecule has 3 amide bonds. The fourth-order valence-electron chi connectivity index (χ4n) is 2.97. The summed E-state index contributed by atoms with van der Waals surface area (Å²) in [4.78, 5) is 69.3. The van der Waals surface area contributed by atoms with Crippen molar-refractivity contribution in [3.63, 3.8) is 0 Å². The maximum absolute atomic E-state index is 12.0. The van der Waals surface area contributed by atoms with Gasteiger partial charge in [-0.05, 0) is 46.1 Å². The summed E-state index contributed by atoms with van der Waals surface area (Å²) in [5.74, 6) is -4.08. The van der Waals surface area contributed by atoms with Gasteiger partial charge in [-0.1, -0.05) is 6.92 Å². The fourth-order valence-corrected chi connectivity index (χ4v) is 2.97. The standard InChI is InChI=1S/C21H36N4O8/c1-4-17(27)24-15(20(30)31)9-11-19(29)25-16(21(32)33)8-10-18(28)23-12-6-5-7-14(22-3)13(2)26/h14-16,22H,4-12H2,1-3H3,(H,23,28)(H,24,27)(H,25,29)(H,30,31)(H,32,33)/t14-,15-,16-/m0/s1. The molecule has 188 valence electrons. The zero-order valence-electron chi connectivity index (χ0n) is 19.4. The van der Waals surface area contributed by atoms with Crippen LogP contribution in [-0.4, -0.2) is 77.4 Å². The number of likely N-dealkylation sites (N-methyl/N-ethyl adjacent to an activating group) is 1. The molecule has 0 radical (unpaired) electrons. The van der Waals surface area contributed by atoms with Gasteiger partial charge in [0.25, 0.3) is 0 Å². The first kappa shape index (κ1) is 30.0. The van der Waals surface area contributed by atoms with E-state index < -0.39 is 35.8 Å². The van der Waals surface area contributed by atoms with Gasteiger partial charge in [-0.25, -0.2) is 9.59 Å². The van der Waals surface area contributed by atoms with Crippen molar-refractivity contribution in [1.29, 1.82) is 0 Å². The summed E-state index contributed by atoms with van der Waals surface area (Å²) >= 11 is 0. The van der Waals surface area contributed by atoms with E-state index in [0.717, 1.165) is 6.42 Å². The van der Waals surface area contributed by atoms with Crippen molar-refractivity contribution in [3.05, 3.63) is 0 Å². The molecule has 3 atom stereocenters. The smallest absolute Gasteiger partial charge is 0.326 e. The van der Waals surface area contributed by atoms with E-state index in [1.165, 1.54) is 6.92 Å². The number of amides is 3. The summed E-state index contributed by atoms with van der Waals surface area (Å²) in [6, 6.07) is -2.77. The molecule has 12 nitrogen and oxygen atoms in total. The molecule has 0 fully saturated rings. The average molecular weight is 473 g/mol. The van der Waals surface area contributed by atoms with E-state index in [4.69, 9.17) is 5.11 Å². The second-order valence-electron chi connectivity index (χ2n) is 7.65. The minimum atomic E-state index is -1.31. The van der Waals surface area contributed by atoms with Crippen LogP contribution >= 0.6 is 0 Å². The van der Waals surface area contributed by atoms with Gasteiger partial charge in [-0.15, -0.1) is 0 Å². The molecule has 0 spiro atoms. The van der Waals surface area contributed by atoms with Crippen LogP contribution in [0.25, 0.3) is 0 Å². The van der Waals surface area contributed by atoms with Gasteiger partial charge in [0.05, 0.1) is 6.04 Å². The molecule has 0 saturated carbocycles. The Labute approximate surface area is 193 Å². The zero-order chi connectivity index (χ0) is 25.4. The number of hydrogen-bond acceptors (Lipinski definition) is 7. The molecule has 0 heterocycles. The third-order valence-corrected chi connectivity index (χ3v) is 4.99. The largest absolute Gasteiger partial charge is 0.480 e. The van der Waals surface area contributed by atoms with E-state index >= 15 is 0 Å². The summed E-state index contributed by atoms with van der Waals surface area (Å²) in [5.41, 5.74) is 0. The zero-order valence-corrected chi connectivity index (χ0v) is 19.4. The Kier molecular flexibility index (Phi) is 15.1. The molecule has 0 aromatic heterocycles. The quantitative estimate of drug-likeness (QED) is 0.144. The van der Waals surface area contributed by atoms with E-state index in [9.17, 15) is 33.9 Å². The number of rotatable bonds is 18. The minimum Gasteiger partial charge on any atom is -0.480 e. The number of aliphatic carboxylic acids is 2. The third-order valence-electron chi connectivity index (χ3n) is 4.99. The van der Waals surface area contributed by atoms with Gasteiger partial charge in [0.2, 0.25) is 17.7 Å². The summed E-state index contributed by atoms with van der Waals surface area (Å²) in [6.45, 7) is 3.45. The molecule has 0 aliphatic rings. The highest BCUT2D eigenvalue weighted by Gasteiger charge is 2.24. The van der Waals surface area contributed by atoms with Crippen LogP contribution in [0.3, 0.4) is 0 Å². The van der Waals surface area contributed by atoms with Crippen molar-refractivity contribution in [3.8, 4) is 0 Å². The van der Waals surface area contributed by atoms with Gasteiger partial charge in [-0.2, -0.15) is 0 Å². The van der Waals surface area contributed by atoms with Gasteiger partial charge < -0.3 is 31.5 Å². The topological polar surface area (TPSA) is 191 Å². The molecule has 0 saturated heterocycles. The van der Waals surface area contributed by atoms with Crippen LogP contribution in [0.15, 0.2) is 0 Å². The maximum Gasteiger partial charge on any atom is 0.326 e. The summed E-state index contributed by atoms with van der Waals surface area (Å²) in [5, 5.41) is 28.5. The summed E-state index contributed by atoms with van der Waals surface area (Å²) in [7, 11) is 1.71. The number of carbonyl (C=O) groups excluding carboxylic acids is 4. The molecule has 0 aromatic carbocycles. The number of Topliss-reactive ketones (excluding diaryl/α,β-unsaturated/α-hetero) is 1. The SMILES string of the molecule is CCC(=O)N[C@@H](CCC(=O)N[C@@H](CCC(=O)NCCCC[C@H](NC)C(C)=O)C(=O)O)C(=O)O.